The summed E-state index contributed by atoms with van der Waals surface area (Å²) in [5, 5.41) is 11.1. The van der Waals surface area contributed by atoms with Crippen LogP contribution < -0.4 is 5.73 Å². The molecule has 27 heavy (non-hydrogen) atoms. The minimum absolute atomic E-state index is 0.00209. The third-order valence-corrected chi connectivity index (χ3v) is 3.59. The first-order valence-electron chi connectivity index (χ1n) is 7.92. The number of rotatable bonds is 5. The average Bonchev–Trinajstić information content (AvgIpc) is 2.59. The number of hydrogen-bond donors (Lipinski definition) is 1. The van der Waals surface area contributed by atoms with E-state index in [1.54, 1.807) is 32.9 Å². The molecular formula is C18H18ClN3O5. The minimum Gasteiger partial charge on any atom is -0.456 e. The van der Waals surface area contributed by atoms with E-state index in [0.717, 1.165) is 12.1 Å². The molecule has 0 fully saturated rings. The Morgan fingerprint density at radius 1 is 1.22 bits per heavy atom. The Bertz CT molecular complexity index is 906. The van der Waals surface area contributed by atoms with Crippen molar-refractivity contribution in [3.8, 4) is 0 Å². The standard InChI is InChI=1S/C18H18ClN3O5/c1-18(2,3)27-17(24)12-9-10(22(25)26)7-8-11(12)15(23)13-5-4-6-14(21-13)16(19)20/h4-9,16H,20H2,1-3H3. The highest BCUT2D eigenvalue weighted by Gasteiger charge is 2.26. The van der Waals surface area contributed by atoms with Gasteiger partial charge in [-0.1, -0.05) is 17.7 Å². The van der Waals surface area contributed by atoms with E-state index in [0.29, 0.717) is 0 Å². The number of pyridine rings is 1. The summed E-state index contributed by atoms with van der Waals surface area (Å²) in [6, 6.07) is 7.90. The normalized spacial score (nSPS) is 12.3. The van der Waals surface area contributed by atoms with Crippen molar-refractivity contribution in [3.05, 3.63) is 69.0 Å². The monoisotopic (exact) mass is 391 g/mol. The molecule has 2 N–H and O–H groups in total. The number of alkyl halides is 1. The summed E-state index contributed by atoms with van der Waals surface area (Å²) in [6.07, 6.45) is 0. The number of halogens is 1. The quantitative estimate of drug-likeness (QED) is 0.207. The van der Waals surface area contributed by atoms with Crippen LogP contribution in [0.5, 0.6) is 0 Å². The summed E-state index contributed by atoms with van der Waals surface area (Å²) in [5.41, 5.74) is 3.48. The number of esters is 1. The number of nitrogens with two attached hydrogens (primary N) is 1. The maximum Gasteiger partial charge on any atom is 0.339 e. The summed E-state index contributed by atoms with van der Waals surface area (Å²) in [4.78, 5) is 39.9. The third kappa shape index (κ3) is 5.08. The number of carbonyl (C=O) groups is 2. The number of carbonyl (C=O) groups excluding carboxylic acids is 2. The molecule has 1 heterocycles. The molecule has 0 aliphatic carbocycles. The smallest absolute Gasteiger partial charge is 0.339 e. The number of nitro groups is 1. The van der Waals surface area contributed by atoms with Crippen molar-refractivity contribution in [1.29, 1.82) is 0 Å². The van der Waals surface area contributed by atoms with Crippen LogP contribution >= 0.6 is 11.6 Å². The molecule has 1 unspecified atom stereocenters. The van der Waals surface area contributed by atoms with Crippen LogP contribution in [0.4, 0.5) is 5.69 Å². The first-order valence-corrected chi connectivity index (χ1v) is 8.36. The van der Waals surface area contributed by atoms with Gasteiger partial charge in [0.15, 0.2) is 0 Å². The van der Waals surface area contributed by atoms with E-state index in [1.165, 1.54) is 12.1 Å². The van der Waals surface area contributed by atoms with E-state index in [-0.39, 0.29) is 28.2 Å². The molecule has 2 aromatic rings. The van der Waals surface area contributed by atoms with Crippen molar-refractivity contribution in [2.24, 2.45) is 5.73 Å². The Morgan fingerprint density at radius 2 is 1.89 bits per heavy atom. The Hall–Kier alpha value is -2.84. The summed E-state index contributed by atoms with van der Waals surface area (Å²) < 4.78 is 5.27. The first kappa shape index (κ1) is 20.5. The molecule has 1 atom stereocenters. The Balaban J connectivity index is 2.55. The van der Waals surface area contributed by atoms with Crippen LogP contribution in [0.25, 0.3) is 0 Å². The molecule has 0 saturated heterocycles. The van der Waals surface area contributed by atoms with Crippen molar-refractivity contribution in [1.82, 2.24) is 4.98 Å². The van der Waals surface area contributed by atoms with E-state index in [2.05, 4.69) is 4.98 Å². The van der Waals surface area contributed by atoms with Crippen LogP contribution in [0.3, 0.4) is 0 Å². The van der Waals surface area contributed by atoms with Crippen LogP contribution in [0.15, 0.2) is 36.4 Å². The highest BCUT2D eigenvalue weighted by Crippen LogP contribution is 2.23. The molecule has 1 aromatic heterocycles. The van der Waals surface area contributed by atoms with Gasteiger partial charge in [0.05, 0.1) is 16.2 Å². The van der Waals surface area contributed by atoms with Crippen LogP contribution in [-0.2, 0) is 4.74 Å². The van der Waals surface area contributed by atoms with Gasteiger partial charge in [-0.2, -0.15) is 0 Å². The van der Waals surface area contributed by atoms with E-state index in [9.17, 15) is 19.7 Å². The van der Waals surface area contributed by atoms with Crippen molar-refractivity contribution < 1.29 is 19.2 Å². The van der Waals surface area contributed by atoms with E-state index in [4.69, 9.17) is 22.1 Å². The molecule has 2 rings (SSSR count). The second-order valence-corrected chi connectivity index (χ2v) is 7.14. The lowest BCUT2D eigenvalue weighted by Gasteiger charge is -2.20. The fourth-order valence-electron chi connectivity index (χ4n) is 2.22. The fraction of sp³-hybridized carbons (Fsp3) is 0.278. The molecule has 1 aromatic carbocycles. The summed E-state index contributed by atoms with van der Waals surface area (Å²) >= 11 is 5.79. The average molecular weight is 392 g/mol. The highest BCUT2D eigenvalue weighted by molar-refractivity contribution is 6.20. The maximum absolute atomic E-state index is 12.9. The second-order valence-electron chi connectivity index (χ2n) is 6.67. The summed E-state index contributed by atoms with van der Waals surface area (Å²) in [7, 11) is 0. The van der Waals surface area contributed by atoms with Gasteiger partial charge in [0.1, 0.15) is 16.8 Å². The third-order valence-electron chi connectivity index (χ3n) is 3.36. The van der Waals surface area contributed by atoms with Gasteiger partial charge in [0.2, 0.25) is 5.78 Å². The first-order chi connectivity index (χ1) is 12.5. The molecule has 0 bridgehead atoms. The van der Waals surface area contributed by atoms with Gasteiger partial charge >= 0.3 is 5.97 Å². The Morgan fingerprint density at radius 3 is 2.44 bits per heavy atom. The van der Waals surface area contributed by atoms with Gasteiger partial charge in [0, 0.05) is 17.7 Å². The van der Waals surface area contributed by atoms with E-state index in [1.807, 2.05) is 0 Å². The molecule has 9 heteroatoms. The number of non-ortho nitro benzene ring substituents is 1. The van der Waals surface area contributed by atoms with Crippen molar-refractivity contribution >= 4 is 29.0 Å². The van der Waals surface area contributed by atoms with Gasteiger partial charge in [-0.25, -0.2) is 9.78 Å². The van der Waals surface area contributed by atoms with Gasteiger partial charge in [0.25, 0.3) is 5.69 Å². The zero-order chi connectivity index (χ0) is 20.4. The lowest BCUT2D eigenvalue weighted by Crippen LogP contribution is -2.25. The van der Waals surface area contributed by atoms with Crippen LogP contribution in [0, 0.1) is 10.1 Å². The largest absolute Gasteiger partial charge is 0.456 e. The van der Waals surface area contributed by atoms with Gasteiger partial charge < -0.3 is 10.5 Å². The number of benzene rings is 1. The van der Waals surface area contributed by atoms with Gasteiger partial charge in [-0.3, -0.25) is 14.9 Å². The number of ether oxygens (including phenoxy) is 1. The number of nitro benzene ring substituents is 1. The number of nitrogens with zero attached hydrogens (tertiary/aromatic N) is 2. The fourth-order valence-corrected chi connectivity index (χ4v) is 2.34. The molecule has 0 spiro atoms. The molecule has 142 valence electrons. The Labute approximate surface area is 160 Å². The van der Waals surface area contributed by atoms with Crippen LogP contribution in [0.1, 0.15) is 58.4 Å². The van der Waals surface area contributed by atoms with E-state index < -0.39 is 27.8 Å². The minimum atomic E-state index is -0.903. The number of ketones is 1. The van der Waals surface area contributed by atoms with Crippen molar-refractivity contribution in [2.75, 3.05) is 0 Å². The molecule has 0 aliphatic rings. The molecule has 0 saturated carbocycles. The SMILES string of the molecule is CC(C)(C)OC(=O)c1cc([N+](=O)[O-])ccc1C(=O)c1cccc(C(N)Cl)n1. The predicted molar refractivity (Wildman–Crippen MR) is 98.7 cm³/mol. The van der Waals surface area contributed by atoms with Crippen LogP contribution in [-0.4, -0.2) is 27.3 Å². The van der Waals surface area contributed by atoms with Gasteiger partial charge in [-0.05, 0) is 39.0 Å². The molecular weight excluding hydrogens is 374 g/mol. The van der Waals surface area contributed by atoms with Gasteiger partial charge in [-0.15, -0.1) is 0 Å². The molecule has 0 amide bonds. The summed E-state index contributed by atoms with van der Waals surface area (Å²) in [5.74, 6) is -1.45. The molecule has 0 radical (unpaired) electrons. The predicted octanol–water partition coefficient (Wildman–Crippen LogP) is 3.37. The lowest BCUT2D eigenvalue weighted by molar-refractivity contribution is -0.384. The topological polar surface area (TPSA) is 125 Å². The lowest BCUT2D eigenvalue weighted by atomic mass is 10.00. The van der Waals surface area contributed by atoms with Crippen molar-refractivity contribution in [2.45, 2.75) is 31.9 Å². The zero-order valence-electron chi connectivity index (χ0n) is 14.9. The highest BCUT2D eigenvalue weighted by atomic mass is 35.5. The van der Waals surface area contributed by atoms with Crippen molar-refractivity contribution in [3.63, 3.8) is 0 Å². The molecule has 8 nitrogen and oxygen atoms in total. The van der Waals surface area contributed by atoms with E-state index >= 15 is 0 Å². The Kier molecular flexibility index (Phi) is 5.92. The number of hydrogen-bond acceptors (Lipinski definition) is 7. The summed E-state index contributed by atoms with van der Waals surface area (Å²) in [6.45, 7) is 4.95. The second kappa shape index (κ2) is 7.81. The zero-order valence-corrected chi connectivity index (χ0v) is 15.7. The maximum atomic E-state index is 12.9. The molecule has 0 aliphatic heterocycles. The van der Waals surface area contributed by atoms with Crippen LogP contribution in [0.2, 0.25) is 0 Å². The number of aromatic nitrogens is 1.